The van der Waals surface area contributed by atoms with Crippen molar-refractivity contribution in [3.05, 3.63) is 59.7 Å². The van der Waals surface area contributed by atoms with Crippen molar-refractivity contribution in [3.63, 3.8) is 0 Å². The molecule has 0 aromatic heterocycles. The highest BCUT2D eigenvalue weighted by atomic mass is 31.2. The molecule has 0 N–H and O–H groups in total. The molecule has 6 nitrogen and oxygen atoms in total. The van der Waals surface area contributed by atoms with Crippen molar-refractivity contribution in [3.8, 4) is 11.5 Å². The molecule has 0 saturated carbocycles. The number of hydrogen-bond acceptors (Lipinski definition) is 6. The summed E-state index contributed by atoms with van der Waals surface area (Å²) in [5, 5.41) is 0. The second-order valence-electron chi connectivity index (χ2n) is 9.80. The Balaban J connectivity index is 1.42. The van der Waals surface area contributed by atoms with Gasteiger partial charge in [-0.15, -0.1) is 0 Å². The van der Waals surface area contributed by atoms with Crippen molar-refractivity contribution in [1.82, 2.24) is 0 Å². The van der Waals surface area contributed by atoms with Crippen molar-refractivity contribution in [2.75, 3.05) is 6.61 Å². The van der Waals surface area contributed by atoms with Crippen LogP contribution in [0.15, 0.2) is 48.5 Å². The van der Waals surface area contributed by atoms with E-state index in [-0.39, 0.29) is 12.2 Å². The highest BCUT2D eigenvalue weighted by Crippen LogP contribution is 2.50. The Labute approximate surface area is 209 Å². The molecule has 0 radical (unpaired) electrons. The SMILES string of the molecule is CCCCC(CC)COP(=O)(Oc1ccc(CC2OC2C)cc1)Oc1ccc(CC2OC2C)cc1. The molecule has 2 saturated heterocycles. The van der Waals surface area contributed by atoms with E-state index < -0.39 is 7.82 Å². The van der Waals surface area contributed by atoms with E-state index in [0.29, 0.717) is 36.2 Å². The summed E-state index contributed by atoms with van der Waals surface area (Å²) < 4.78 is 42.4. The number of benzene rings is 2. The Kier molecular flexibility index (Phi) is 8.93. The predicted molar refractivity (Wildman–Crippen MR) is 137 cm³/mol. The molecule has 35 heavy (non-hydrogen) atoms. The lowest BCUT2D eigenvalue weighted by molar-refractivity contribution is 0.170. The van der Waals surface area contributed by atoms with Gasteiger partial charge in [0.1, 0.15) is 11.5 Å². The lowest BCUT2D eigenvalue weighted by atomic mass is 10.0. The van der Waals surface area contributed by atoms with Crippen LogP contribution >= 0.6 is 7.82 Å². The van der Waals surface area contributed by atoms with Crippen LogP contribution in [0.2, 0.25) is 0 Å². The van der Waals surface area contributed by atoms with Gasteiger partial charge in [-0.05, 0) is 61.6 Å². The second kappa shape index (κ2) is 11.9. The highest BCUT2D eigenvalue weighted by molar-refractivity contribution is 7.49. The highest BCUT2D eigenvalue weighted by Gasteiger charge is 2.35. The third-order valence-electron chi connectivity index (χ3n) is 6.84. The third kappa shape index (κ3) is 8.08. The van der Waals surface area contributed by atoms with Gasteiger partial charge in [-0.2, -0.15) is 0 Å². The normalized spacial score (nSPS) is 25.5. The minimum absolute atomic E-state index is 0.284. The lowest BCUT2D eigenvalue weighted by Crippen LogP contribution is -2.12. The zero-order chi connectivity index (χ0) is 24.8. The fourth-order valence-corrected chi connectivity index (χ4v) is 5.45. The number of phosphoric ester groups is 1. The zero-order valence-corrected chi connectivity index (χ0v) is 22.2. The molecule has 0 aliphatic carbocycles. The Hall–Kier alpha value is -1.85. The van der Waals surface area contributed by atoms with Crippen molar-refractivity contribution < 1.29 is 27.6 Å². The van der Waals surface area contributed by atoms with Gasteiger partial charge >= 0.3 is 7.82 Å². The lowest BCUT2D eigenvalue weighted by Gasteiger charge is -2.22. The van der Waals surface area contributed by atoms with Gasteiger partial charge in [-0.3, -0.25) is 4.52 Å². The van der Waals surface area contributed by atoms with E-state index in [2.05, 4.69) is 27.7 Å². The molecule has 2 heterocycles. The molecule has 2 aromatic carbocycles. The Bertz CT molecular complexity index is 908. The number of rotatable bonds is 15. The Morgan fingerprint density at radius 3 is 1.66 bits per heavy atom. The van der Waals surface area contributed by atoms with E-state index in [1.807, 2.05) is 48.5 Å². The van der Waals surface area contributed by atoms with Crippen molar-refractivity contribution >= 4 is 7.82 Å². The van der Waals surface area contributed by atoms with Gasteiger partial charge in [-0.25, -0.2) is 4.57 Å². The summed E-state index contributed by atoms with van der Waals surface area (Å²) >= 11 is 0. The largest absolute Gasteiger partial charge is 0.587 e. The first-order chi connectivity index (χ1) is 16.9. The number of unbranched alkanes of at least 4 members (excludes halogenated alkanes) is 1. The molecule has 7 heteroatoms. The Morgan fingerprint density at radius 1 is 0.829 bits per heavy atom. The van der Waals surface area contributed by atoms with Gasteiger partial charge in [0.2, 0.25) is 0 Å². The predicted octanol–water partition coefficient (Wildman–Crippen LogP) is 7.15. The van der Waals surface area contributed by atoms with Crippen LogP contribution in [0.1, 0.15) is 64.5 Å². The number of hydrogen-bond donors (Lipinski definition) is 0. The van der Waals surface area contributed by atoms with Crippen LogP contribution in [-0.4, -0.2) is 31.0 Å². The van der Waals surface area contributed by atoms with E-state index in [1.54, 1.807) is 0 Å². The van der Waals surface area contributed by atoms with Crippen LogP contribution in [0.5, 0.6) is 11.5 Å². The van der Waals surface area contributed by atoms with Gasteiger partial charge in [0.05, 0.1) is 31.0 Å². The molecule has 192 valence electrons. The summed E-state index contributed by atoms with van der Waals surface area (Å²) in [5.74, 6) is 1.22. The van der Waals surface area contributed by atoms with E-state index in [0.717, 1.165) is 49.7 Å². The van der Waals surface area contributed by atoms with Gasteiger partial charge in [0.25, 0.3) is 0 Å². The standard InChI is InChI=1S/C28H39O6P/c1-5-7-8-22(6-2)19-30-35(29,33-25-13-9-23(10-14-25)17-27-20(3)31-27)34-26-15-11-24(12-16-26)18-28-21(4)32-28/h9-16,20-22,27-28H,5-8,17-19H2,1-4H3. The molecule has 0 bridgehead atoms. The Morgan fingerprint density at radius 2 is 1.29 bits per heavy atom. The van der Waals surface area contributed by atoms with Crippen LogP contribution in [0.25, 0.3) is 0 Å². The fourth-order valence-electron chi connectivity index (χ4n) is 4.15. The van der Waals surface area contributed by atoms with Gasteiger partial charge in [-0.1, -0.05) is 57.4 Å². The maximum Gasteiger partial charge on any atom is 0.587 e. The first-order valence-corrected chi connectivity index (χ1v) is 14.5. The first kappa shape index (κ1) is 26.2. The molecular formula is C28H39O6P. The summed E-state index contributed by atoms with van der Waals surface area (Å²) in [5.41, 5.74) is 2.30. The summed E-state index contributed by atoms with van der Waals surface area (Å²) in [6.07, 6.45) is 7.14. The molecule has 5 atom stereocenters. The average Bonchev–Trinajstić information content (AvgIpc) is 3.74. The molecular weight excluding hydrogens is 463 g/mol. The summed E-state index contributed by atoms with van der Waals surface area (Å²) in [4.78, 5) is 0. The molecule has 2 fully saturated rings. The van der Waals surface area contributed by atoms with Crippen LogP contribution in [0, 0.1) is 5.92 Å². The first-order valence-electron chi connectivity index (χ1n) is 13.0. The smallest absolute Gasteiger partial charge is 0.395 e. The van der Waals surface area contributed by atoms with Gasteiger partial charge < -0.3 is 18.5 Å². The average molecular weight is 503 g/mol. The molecule has 2 aliphatic heterocycles. The minimum Gasteiger partial charge on any atom is -0.395 e. The molecule has 5 unspecified atom stereocenters. The van der Waals surface area contributed by atoms with E-state index in [1.165, 1.54) is 0 Å². The maximum atomic E-state index is 13.8. The van der Waals surface area contributed by atoms with E-state index in [4.69, 9.17) is 23.0 Å². The van der Waals surface area contributed by atoms with E-state index >= 15 is 0 Å². The summed E-state index contributed by atoms with van der Waals surface area (Å²) in [6.45, 7) is 8.78. The molecule has 0 spiro atoms. The van der Waals surface area contributed by atoms with Crippen LogP contribution in [0.3, 0.4) is 0 Å². The van der Waals surface area contributed by atoms with Crippen LogP contribution in [-0.2, 0) is 31.4 Å². The number of epoxide rings is 2. The quantitative estimate of drug-likeness (QED) is 0.190. The third-order valence-corrected chi connectivity index (χ3v) is 8.17. The van der Waals surface area contributed by atoms with Crippen molar-refractivity contribution in [1.29, 1.82) is 0 Å². The van der Waals surface area contributed by atoms with E-state index in [9.17, 15) is 4.57 Å². The zero-order valence-electron chi connectivity index (χ0n) is 21.4. The van der Waals surface area contributed by atoms with Crippen molar-refractivity contribution in [2.24, 2.45) is 5.92 Å². The summed E-state index contributed by atoms with van der Waals surface area (Å²) in [6, 6.07) is 15.2. The second-order valence-corrected chi connectivity index (χ2v) is 11.3. The topological polar surface area (TPSA) is 69.8 Å². The van der Waals surface area contributed by atoms with Crippen molar-refractivity contribution in [2.45, 2.75) is 90.6 Å². The summed E-state index contributed by atoms with van der Waals surface area (Å²) in [7, 11) is -3.89. The molecule has 4 rings (SSSR count). The number of phosphoric acid groups is 1. The fraction of sp³-hybridized carbons (Fsp3) is 0.571. The molecule has 2 aliphatic rings. The van der Waals surface area contributed by atoms with Crippen LogP contribution < -0.4 is 9.05 Å². The molecule has 2 aromatic rings. The monoisotopic (exact) mass is 502 g/mol. The van der Waals surface area contributed by atoms with Crippen LogP contribution in [0.4, 0.5) is 0 Å². The number of ether oxygens (including phenoxy) is 2. The maximum absolute atomic E-state index is 13.8. The van der Waals surface area contributed by atoms with Gasteiger partial charge in [0.15, 0.2) is 0 Å². The molecule has 0 amide bonds. The van der Waals surface area contributed by atoms with Gasteiger partial charge in [0, 0.05) is 12.8 Å². The minimum atomic E-state index is -3.89.